The molecule has 0 amide bonds. The Kier molecular flexibility index (Phi) is 4.50. The molecule has 0 saturated carbocycles. The molecule has 0 aliphatic rings. The Labute approximate surface area is 108 Å². The lowest BCUT2D eigenvalue weighted by molar-refractivity contribution is 0.470. The second kappa shape index (κ2) is 6.12. The molecule has 0 fully saturated rings. The van der Waals surface area contributed by atoms with Gasteiger partial charge in [0, 0.05) is 16.8 Å². The van der Waals surface area contributed by atoms with Crippen LogP contribution in [0, 0.1) is 0 Å². The predicted octanol–water partition coefficient (Wildman–Crippen LogP) is 4.03. The zero-order chi connectivity index (χ0) is 12.1. The highest BCUT2D eigenvalue weighted by Gasteiger charge is 2.03. The summed E-state index contributed by atoms with van der Waals surface area (Å²) in [4.78, 5) is 0. The minimum atomic E-state index is -0.239. The van der Waals surface area contributed by atoms with Crippen molar-refractivity contribution >= 4 is 40.1 Å². The maximum absolute atomic E-state index is 11.9. The van der Waals surface area contributed by atoms with E-state index in [9.17, 15) is 4.39 Å². The third-order valence-electron chi connectivity index (χ3n) is 2.33. The molecule has 3 nitrogen and oxygen atoms in total. The first-order valence-electron chi connectivity index (χ1n) is 5.38. The van der Waals surface area contributed by atoms with E-state index >= 15 is 0 Å². The first kappa shape index (κ1) is 12.5. The van der Waals surface area contributed by atoms with Crippen molar-refractivity contribution in [2.45, 2.75) is 12.8 Å². The number of H-pyrrole nitrogens is 1. The fraction of sp³-hybridized carbons (Fsp3) is 0.364. The van der Waals surface area contributed by atoms with Gasteiger partial charge in [-0.2, -0.15) is 5.10 Å². The molecule has 0 radical (unpaired) electrons. The van der Waals surface area contributed by atoms with Gasteiger partial charge in [0.05, 0.1) is 12.2 Å². The molecule has 0 saturated heterocycles. The van der Waals surface area contributed by atoms with Crippen LogP contribution in [-0.4, -0.2) is 22.6 Å². The van der Waals surface area contributed by atoms with E-state index in [1.54, 1.807) is 11.9 Å². The van der Waals surface area contributed by atoms with Gasteiger partial charge in [0.1, 0.15) is 5.15 Å². The van der Waals surface area contributed by atoms with Crippen LogP contribution in [0.15, 0.2) is 18.2 Å². The lowest BCUT2D eigenvalue weighted by Crippen LogP contribution is -1.90. The van der Waals surface area contributed by atoms with Crippen molar-refractivity contribution in [2.24, 2.45) is 0 Å². The molecular formula is C11H13ClFN3S. The molecule has 0 spiro atoms. The van der Waals surface area contributed by atoms with E-state index in [1.807, 2.05) is 18.2 Å². The molecule has 2 aromatic rings. The maximum atomic E-state index is 11.9. The van der Waals surface area contributed by atoms with Crippen LogP contribution in [-0.2, 0) is 0 Å². The lowest BCUT2D eigenvalue weighted by atomic mass is 10.2. The van der Waals surface area contributed by atoms with Gasteiger partial charge in [0.2, 0.25) is 0 Å². The molecule has 92 valence electrons. The number of halogens is 2. The predicted molar refractivity (Wildman–Crippen MR) is 72.4 cm³/mol. The topological polar surface area (TPSA) is 40.7 Å². The Morgan fingerprint density at radius 1 is 1.41 bits per heavy atom. The van der Waals surface area contributed by atoms with Crippen LogP contribution in [0.2, 0.25) is 5.15 Å². The van der Waals surface area contributed by atoms with Crippen LogP contribution in [0.5, 0.6) is 0 Å². The monoisotopic (exact) mass is 273 g/mol. The molecule has 2 N–H and O–H groups in total. The first-order valence-corrected chi connectivity index (χ1v) is 6.75. The number of aromatic nitrogens is 2. The standard InChI is InChI=1S/C11H13ClFN3S/c12-11-9-7-8(3-4-10(9)14-15-11)16-17-6-2-1-5-13/h3-4,7,16H,1-2,5-6H2,(H,14,15). The van der Waals surface area contributed by atoms with Crippen molar-refractivity contribution in [3.05, 3.63) is 23.4 Å². The van der Waals surface area contributed by atoms with E-state index < -0.39 is 0 Å². The lowest BCUT2D eigenvalue weighted by Gasteiger charge is -2.04. The van der Waals surface area contributed by atoms with E-state index in [0.717, 1.165) is 28.8 Å². The van der Waals surface area contributed by atoms with Gasteiger partial charge in [0.25, 0.3) is 0 Å². The number of aromatic amines is 1. The SMILES string of the molecule is FCCCCSNc1ccc2n[nH]c(Cl)c2c1. The Balaban J connectivity index is 1.92. The minimum Gasteiger partial charge on any atom is -0.330 e. The highest BCUT2D eigenvalue weighted by atomic mass is 35.5. The van der Waals surface area contributed by atoms with Crippen molar-refractivity contribution in [1.29, 1.82) is 0 Å². The molecule has 1 aromatic carbocycles. The van der Waals surface area contributed by atoms with E-state index in [-0.39, 0.29) is 6.67 Å². The van der Waals surface area contributed by atoms with Crippen molar-refractivity contribution in [2.75, 3.05) is 17.1 Å². The highest BCUT2D eigenvalue weighted by molar-refractivity contribution is 8.00. The van der Waals surface area contributed by atoms with Crippen LogP contribution in [0.1, 0.15) is 12.8 Å². The van der Waals surface area contributed by atoms with Gasteiger partial charge in [-0.25, -0.2) is 0 Å². The van der Waals surface area contributed by atoms with Gasteiger partial charge in [-0.3, -0.25) is 9.49 Å². The fourth-order valence-electron chi connectivity index (χ4n) is 1.45. The summed E-state index contributed by atoms with van der Waals surface area (Å²) < 4.78 is 15.1. The molecule has 6 heteroatoms. The summed E-state index contributed by atoms with van der Waals surface area (Å²) in [7, 11) is 0. The third kappa shape index (κ3) is 3.26. The van der Waals surface area contributed by atoms with Crippen molar-refractivity contribution in [3.63, 3.8) is 0 Å². The minimum absolute atomic E-state index is 0.239. The molecule has 0 unspecified atom stereocenters. The third-order valence-corrected chi connectivity index (χ3v) is 3.49. The molecule has 0 atom stereocenters. The summed E-state index contributed by atoms with van der Waals surface area (Å²) in [5, 5.41) is 8.22. The van der Waals surface area contributed by atoms with Gasteiger partial charge in [-0.05, 0) is 31.0 Å². The number of anilines is 1. The van der Waals surface area contributed by atoms with Crippen molar-refractivity contribution in [3.8, 4) is 0 Å². The Bertz CT molecular complexity index is 489. The maximum Gasteiger partial charge on any atom is 0.132 e. The molecule has 0 bridgehead atoms. The van der Waals surface area contributed by atoms with Crippen LogP contribution >= 0.6 is 23.5 Å². The average Bonchev–Trinajstić information content (AvgIpc) is 2.71. The number of fused-ring (bicyclic) bond motifs is 1. The van der Waals surface area contributed by atoms with Gasteiger partial charge in [0.15, 0.2) is 0 Å². The van der Waals surface area contributed by atoms with Crippen molar-refractivity contribution < 1.29 is 4.39 Å². The number of nitrogens with zero attached hydrogens (tertiary/aromatic N) is 1. The number of rotatable bonds is 6. The summed E-state index contributed by atoms with van der Waals surface area (Å²) in [6, 6.07) is 5.80. The zero-order valence-electron chi connectivity index (χ0n) is 9.17. The number of unbranched alkanes of at least 4 members (excludes halogenated alkanes) is 1. The zero-order valence-corrected chi connectivity index (χ0v) is 10.7. The second-order valence-electron chi connectivity index (χ2n) is 3.62. The van der Waals surface area contributed by atoms with Crippen LogP contribution < -0.4 is 4.72 Å². The largest absolute Gasteiger partial charge is 0.330 e. The molecule has 1 heterocycles. The Hall–Kier alpha value is -0.940. The smallest absolute Gasteiger partial charge is 0.132 e. The quantitative estimate of drug-likeness (QED) is 0.617. The van der Waals surface area contributed by atoms with E-state index in [2.05, 4.69) is 14.9 Å². The summed E-state index contributed by atoms with van der Waals surface area (Å²) in [6.07, 6.45) is 1.50. The Morgan fingerprint density at radius 3 is 3.12 bits per heavy atom. The fourth-order valence-corrected chi connectivity index (χ4v) is 2.38. The summed E-state index contributed by atoms with van der Waals surface area (Å²) >= 11 is 7.53. The summed E-state index contributed by atoms with van der Waals surface area (Å²) in [5.74, 6) is 0.890. The number of alkyl halides is 1. The number of hydrogen-bond acceptors (Lipinski definition) is 3. The summed E-state index contributed by atoms with van der Waals surface area (Å²) in [6.45, 7) is -0.239. The van der Waals surface area contributed by atoms with E-state index in [0.29, 0.717) is 11.6 Å². The second-order valence-corrected chi connectivity index (χ2v) is 4.90. The Morgan fingerprint density at radius 2 is 2.29 bits per heavy atom. The number of nitrogens with one attached hydrogen (secondary N) is 2. The van der Waals surface area contributed by atoms with E-state index in [4.69, 9.17) is 11.6 Å². The van der Waals surface area contributed by atoms with Crippen LogP contribution in [0.3, 0.4) is 0 Å². The number of benzene rings is 1. The molecular weight excluding hydrogens is 261 g/mol. The van der Waals surface area contributed by atoms with Crippen molar-refractivity contribution in [1.82, 2.24) is 10.2 Å². The van der Waals surface area contributed by atoms with Gasteiger partial charge < -0.3 is 4.72 Å². The molecule has 17 heavy (non-hydrogen) atoms. The van der Waals surface area contributed by atoms with Gasteiger partial charge in [-0.15, -0.1) is 0 Å². The normalized spacial score (nSPS) is 10.9. The van der Waals surface area contributed by atoms with Gasteiger partial charge in [-0.1, -0.05) is 23.5 Å². The van der Waals surface area contributed by atoms with E-state index in [1.165, 1.54) is 0 Å². The molecule has 0 aliphatic carbocycles. The molecule has 1 aromatic heterocycles. The summed E-state index contributed by atoms with van der Waals surface area (Å²) in [5.41, 5.74) is 1.83. The van der Waals surface area contributed by atoms with Gasteiger partial charge >= 0.3 is 0 Å². The molecule has 2 rings (SSSR count). The first-order chi connectivity index (χ1) is 8.31. The number of hydrogen-bond donors (Lipinski definition) is 2. The average molecular weight is 274 g/mol. The van der Waals surface area contributed by atoms with Crippen LogP contribution in [0.25, 0.3) is 10.9 Å². The highest BCUT2D eigenvalue weighted by Crippen LogP contribution is 2.25. The van der Waals surface area contributed by atoms with Crippen LogP contribution in [0.4, 0.5) is 10.1 Å². The molecule has 0 aliphatic heterocycles.